The predicted molar refractivity (Wildman–Crippen MR) is 37.5 cm³/mol. The van der Waals surface area contributed by atoms with Gasteiger partial charge in [0.1, 0.15) is 0 Å². The van der Waals surface area contributed by atoms with E-state index in [1.165, 1.54) is 0 Å². The molecule has 1 fully saturated rings. The molecule has 1 N–H and O–H groups in total. The SMILES string of the molecule is CCC(C)OC1CNC1. The molecule has 0 spiro atoms. The minimum Gasteiger partial charge on any atom is -0.373 e. The van der Waals surface area contributed by atoms with Crippen LogP contribution in [0.5, 0.6) is 0 Å². The topological polar surface area (TPSA) is 21.3 Å². The Morgan fingerprint density at radius 1 is 1.67 bits per heavy atom. The Bertz CT molecular complexity index is 78.2. The number of ether oxygens (including phenoxy) is 1. The highest BCUT2D eigenvalue weighted by Gasteiger charge is 2.18. The predicted octanol–water partition coefficient (Wildman–Crippen LogP) is 0.773. The van der Waals surface area contributed by atoms with Crippen LogP contribution in [-0.4, -0.2) is 25.3 Å². The van der Waals surface area contributed by atoms with Gasteiger partial charge in [-0.1, -0.05) is 6.92 Å². The van der Waals surface area contributed by atoms with Crippen LogP contribution in [0.25, 0.3) is 0 Å². The zero-order valence-electron chi connectivity index (χ0n) is 6.18. The van der Waals surface area contributed by atoms with Crippen LogP contribution >= 0.6 is 0 Å². The zero-order chi connectivity index (χ0) is 6.69. The molecule has 0 aromatic heterocycles. The second-order valence-electron chi connectivity index (χ2n) is 2.64. The molecule has 2 heteroatoms. The largest absolute Gasteiger partial charge is 0.373 e. The van der Waals surface area contributed by atoms with Crippen molar-refractivity contribution in [2.45, 2.75) is 32.5 Å². The first kappa shape index (κ1) is 7.03. The van der Waals surface area contributed by atoms with Crippen molar-refractivity contribution in [1.82, 2.24) is 5.32 Å². The molecule has 0 radical (unpaired) electrons. The van der Waals surface area contributed by atoms with E-state index < -0.39 is 0 Å². The van der Waals surface area contributed by atoms with Crippen molar-refractivity contribution >= 4 is 0 Å². The number of hydrogen-bond acceptors (Lipinski definition) is 2. The summed E-state index contributed by atoms with van der Waals surface area (Å²) < 4.78 is 5.57. The van der Waals surface area contributed by atoms with Crippen LogP contribution in [0.3, 0.4) is 0 Å². The summed E-state index contributed by atoms with van der Waals surface area (Å²) >= 11 is 0. The Labute approximate surface area is 56.6 Å². The molecule has 1 unspecified atom stereocenters. The molecule has 2 nitrogen and oxygen atoms in total. The minimum atomic E-state index is 0.442. The quantitative estimate of drug-likeness (QED) is 0.608. The van der Waals surface area contributed by atoms with E-state index in [2.05, 4.69) is 19.2 Å². The van der Waals surface area contributed by atoms with Crippen LogP contribution in [0, 0.1) is 0 Å². The molecule has 0 saturated carbocycles. The molecule has 9 heavy (non-hydrogen) atoms. The maximum absolute atomic E-state index is 5.57. The van der Waals surface area contributed by atoms with E-state index in [0.29, 0.717) is 12.2 Å². The Hall–Kier alpha value is -0.0800. The molecule has 0 aromatic carbocycles. The molecular weight excluding hydrogens is 114 g/mol. The van der Waals surface area contributed by atoms with Crippen LogP contribution in [-0.2, 0) is 4.74 Å². The third-order valence-corrected chi connectivity index (χ3v) is 1.74. The third kappa shape index (κ3) is 1.95. The number of nitrogens with one attached hydrogen (secondary N) is 1. The molecule has 0 amide bonds. The van der Waals surface area contributed by atoms with Gasteiger partial charge in [0.15, 0.2) is 0 Å². The second kappa shape index (κ2) is 3.18. The van der Waals surface area contributed by atoms with Gasteiger partial charge in [0.2, 0.25) is 0 Å². The fourth-order valence-corrected chi connectivity index (χ4v) is 0.783. The van der Waals surface area contributed by atoms with Crippen molar-refractivity contribution < 1.29 is 4.74 Å². The molecule has 0 bridgehead atoms. The van der Waals surface area contributed by atoms with Gasteiger partial charge >= 0.3 is 0 Å². The van der Waals surface area contributed by atoms with Crippen LogP contribution in [0.2, 0.25) is 0 Å². The van der Waals surface area contributed by atoms with Crippen LogP contribution in [0.4, 0.5) is 0 Å². The molecule has 1 aliphatic heterocycles. The molecular formula is C7H15NO. The molecule has 0 aromatic rings. The lowest BCUT2D eigenvalue weighted by Gasteiger charge is -2.29. The Kier molecular flexibility index (Phi) is 2.49. The highest BCUT2D eigenvalue weighted by atomic mass is 16.5. The first-order valence-electron chi connectivity index (χ1n) is 3.69. The average molecular weight is 129 g/mol. The van der Waals surface area contributed by atoms with Crippen molar-refractivity contribution in [3.8, 4) is 0 Å². The molecule has 1 rings (SSSR count). The number of rotatable bonds is 3. The lowest BCUT2D eigenvalue weighted by molar-refractivity contribution is -0.0299. The van der Waals surface area contributed by atoms with Gasteiger partial charge in [0, 0.05) is 13.1 Å². The Balaban J connectivity index is 2.01. The van der Waals surface area contributed by atoms with Gasteiger partial charge in [-0.15, -0.1) is 0 Å². The summed E-state index contributed by atoms with van der Waals surface area (Å²) in [5.41, 5.74) is 0. The normalized spacial score (nSPS) is 23.3. The summed E-state index contributed by atoms with van der Waals surface area (Å²) in [6.07, 6.45) is 2.06. The van der Waals surface area contributed by atoms with Gasteiger partial charge in [-0.2, -0.15) is 0 Å². The summed E-state index contributed by atoms with van der Waals surface area (Å²) in [6.45, 7) is 6.36. The zero-order valence-corrected chi connectivity index (χ0v) is 6.18. The number of hydrogen-bond donors (Lipinski definition) is 1. The van der Waals surface area contributed by atoms with Gasteiger partial charge in [-0.05, 0) is 13.3 Å². The first-order valence-corrected chi connectivity index (χ1v) is 3.69. The molecule has 0 aliphatic carbocycles. The van der Waals surface area contributed by atoms with Crippen molar-refractivity contribution in [1.29, 1.82) is 0 Å². The van der Waals surface area contributed by atoms with Crippen molar-refractivity contribution in [2.24, 2.45) is 0 Å². The Morgan fingerprint density at radius 3 is 2.67 bits per heavy atom. The van der Waals surface area contributed by atoms with Crippen LogP contribution in [0.15, 0.2) is 0 Å². The van der Waals surface area contributed by atoms with E-state index >= 15 is 0 Å². The maximum Gasteiger partial charge on any atom is 0.0827 e. The smallest absolute Gasteiger partial charge is 0.0827 e. The van der Waals surface area contributed by atoms with Crippen molar-refractivity contribution in [3.63, 3.8) is 0 Å². The highest BCUT2D eigenvalue weighted by Crippen LogP contribution is 2.04. The van der Waals surface area contributed by atoms with Crippen LogP contribution < -0.4 is 5.32 Å². The van der Waals surface area contributed by atoms with Gasteiger partial charge < -0.3 is 10.1 Å². The van der Waals surface area contributed by atoms with Crippen molar-refractivity contribution in [3.05, 3.63) is 0 Å². The monoisotopic (exact) mass is 129 g/mol. The van der Waals surface area contributed by atoms with E-state index in [1.54, 1.807) is 0 Å². The third-order valence-electron chi connectivity index (χ3n) is 1.74. The molecule has 1 saturated heterocycles. The summed E-state index contributed by atoms with van der Waals surface area (Å²) in [6, 6.07) is 0. The summed E-state index contributed by atoms with van der Waals surface area (Å²) in [5.74, 6) is 0. The summed E-state index contributed by atoms with van der Waals surface area (Å²) in [4.78, 5) is 0. The van der Waals surface area contributed by atoms with Gasteiger partial charge in [-0.25, -0.2) is 0 Å². The fourth-order valence-electron chi connectivity index (χ4n) is 0.783. The Morgan fingerprint density at radius 2 is 2.33 bits per heavy atom. The van der Waals surface area contributed by atoms with E-state index in [-0.39, 0.29) is 0 Å². The lowest BCUT2D eigenvalue weighted by atomic mass is 10.2. The summed E-state index contributed by atoms with van der Waals surface area (Å²) in [7, 11) is 0. The van der Waals surface area contributed by atoms with E-state index in [0.717, 1.165) is 19.5 Å². The van der Waals surface area contributed by atoms with Gasteiger partial charge in [-0.3, -0.25) is 0 Å². The highest BCUT2D eigenvalue weighted by molar-refractivity contribution is 4.75. The lowest BCUT2D eigenvalue weighted by Crippen LogP contribution is -2.49. The van der Waals surface area contributed by atoms with Gasteiger partial charge in [0.05, 0.1) is 12.2 Å². The fraction of sp³-hybridized carbons (Fsp3) is 1.00. The van der Waals surface area contributed by atoms with E-state index in [4.69, 9.17) is 4.74 Å². The summed E-state index contributed by atoms with van der Waals surface area (Å²) in [5, 5.41) is 3.17. The molecule has 1 atom stereocenters. The molecule has 54 valence electrons. The second-order valence-corrected chi connectivity index (χ2v) is 2.64. The molecule has 1 aliphatic rings. The first-order chi connectivity index (χ1) is 4.33. The average Bonchev–Trinajstić information content (AvgIpc) is 1.78. The van der Waals surface area contributed by atoms with Gasteiger partial charge in [0.25, 0.3) is 0 Å². The van der Waals surface area contributed by atoms with Crippen molar-refractivity contribution in [2.75, 3.05) is 13.1 Å². The van der Waals surface area contributed by atoms with E-state index in [9.17, 15) is 0 Å². The molecule has 1 heterocycles. The standard InChI is InChI=1S/C7H15NO/c1-3-6(2)9-7-4-8-5-7/h6-8H,3-5H2,1-2H3. The van der Waals surface area contributed by atoms with Crippen LogP contribution in [0.1, 0.15) is 20.3 Å². The maximum atomic E-state index is 5.57. The van der Waals surface area contributed by atoms with E-state index in [1.807, 2.05) is 0 Å². The minimum absolute atomic E-state index is 0.442.